The van der Waals surface area contributed by atoms with Crippen LogP contribution in [0.3, 0.4) is 0 Å². The van der Waals surface area contributed by atoms with Crippen LogP contribution in [-0.4, -0.2) is 19.1 Å². The molecule has 0 radical (unpaired) electrons. The number of hydrogen-bond donors (Lipinski definition) is 1. The Hall–Kier alpha value is -1.69. The van der Waals surface area contributed by atoms with Gasteiger partial charge in [0.25, 0.3) is 5.91 Å². The number of thiophene rings is 1. The van der Waals surface area contributed by atoms with Gasteiger partial charge in [-0.15, -0.1) is 11.3 Å². The summed E-state index contributed by atoms with van der Waals surface area (Å²) in [4.78, 5) is 12.7. The molecule has 1 aliphatic heterocycles. The zero-order valence-electron chi connectivity index (χ0n) is 10.2. The Labute approximate surface area is 115 Å². The fraction of sp³-hybridized carbons (Fsp3) is 0.214. The Morgan fingerprint density at radius 3 is 2.68 bits per heavy atom. The van der Waals surface area contributed by atoms with Crippen LogP contribution in [0.2, 0.25) is 0 Å². The lowest BCUT2D eigenvalue weighted by Gasteiger charge is -2.05. The molecule has 1 aromatic carbocycles. The van der Waals surface area contributed by atoms with Crippen molar-refractivity contribution in [1.82, 2.24) is 0 Å². The van der Waals surface area contributed by atoms with Crippen molar-refractivity contribution in [2.24, 2.45) is 0 Å². The molecule has 1 amide bonds. The molecule has 3 rings (SSSR count). The van der Waals surface area contributed by atoms with E-state index in [9.17, 15) is 4.79 Å². The molecule has 98 valence electrons. The largest absolute Gasteiger partial charge is 0.346 e. The van der Waals surface area contributed by atoms with E-state index < -0.39 is 0 Å². The molecule has 1 aromatic heterocycles. The fourth-order valence-corrected chi connectivity index (χ4v) is 2.66. The second kappa shape index (κ2) is 5.52. The van der Waals surface area contributed by atoms with Crippen molar-refractivity contribution in [2.45, 2.75) is 6.29 Å². The Bertz CT molecular complexity index is 561. The Balaban J connectivity index is 1.70. The number of nitrogens with one attached hydrogen (secondary N) is 1. The normalized spacial score (nSPS) is 15.6. The highest BCUT2D eigenvalue weighted by molar-refractivity contribution is 7.12. The van der Waals surface area contributed by atoms with Crippen LogP contribution in [-0.2, 0) is 9.47 Å². The van der Waals surface area contributed by atoms with Crippen molar-refractivity contribution >= 4 is 22.9 Å². The summed E-state index contributed by atoms with van der Waals surface area (Å²) in [5, 5.41) is 4.75. The molecule has 0 bridgehead atoms. The van der Waals surface area contributed by atoms with Crippen molar-refractivity contribution in [3.05, 3.63) is 52.2 Å². The Morgan fingerprint density at radius 1 is 1.21 bits per heavy atom. The molecule has 1 aliphatic rings. The van der Waals surface area contributed by atoms with Gasteiger partial charge in [-0.25, -0.2) is 0 Å². The van der Waals surface area contributed by atoms with Crippen LogP contribution in [0.1, 0.15) is 21.5 Å². The molecule has 1 fully saturated rings. The number of hydrogen-bond acceptors (Lipinski definition) is 4. The lowest BCUT2D eigenvalue weighted by atomic mass is 10.3. The smallest absolute Gasteiger partial charge is 0.265 e. The Kier molecular flexibility index (Phi) is 3.59. The van der Waals surface area contributed by atoms with Gasteiger partial charge in [0.15, 0.2) is 6.29 Å². The quantitative estimate of drug-likeness (QED) is 0.936. The van der Waals surface area contributed by atoms with Crippen molar-refractivity contribution < 1.29 is 14.3 Å². The third-order valence-corrected chi connectivity index (χ3v) is 3.72. The second-order valence-electron chi connectivity index (χ2n) is 4.14. The van der Waals surface area contributed by atoms with Gasteiger partial charge in [-0.2, -0.15) is 0 Å². The predicted molar refractivity (Wildman–Crippen MR) is 73.4 cm³/mol. The standard InChI is InChI=1S/C14H13NO3S/c16-13(15-11-4-2-1-3-5-11)12-8-10(9-19-12)14-17-6-7-18-14/h1-5,8-9,14H,6-7H2,(H,15,16). The summed E-state index contributed by atoms with van der Waals surface area (Å²) in [6.07, 6.45) is -0.325. The minimum absolute atomic E-state index is 0.111. The van der Waals surface area contributed by atoms with Crippen LogP contribution < -0.4 is 5.32 Å². The molecule has 0 aliphatic carbocycles. The van der Waals surface area contributed by atoms with Crippen LogP contribution >= 0.6 is 11.3 Å². The van der Waals surface area contributed by atoms with Crippen LogP contribution in [0.4, 0.5) is 5.69 Å². The predicted octanol–water partition coefficient (Wildman–Crippen LogP) is 3.05. The number of rotatable bonds is 3. The van der Waals surface area contributed by atoms with Crippen LogP contribution in [0.15, 0.2) is 41.8 Å². The second-order valence-corrected chi connectivity index (χ2v) is 5.05. The summed E-state index contributed by atoms with van der Waals surface area (Å²) in [6, 6.07) is 11.2. The van der Waals surface area contributed by atoms with Gasteiger partial charge in [-0.05, 0) is 23.6 Å². The minimum Gasteiger partial charge on any atom is -0.346 e. The molecule has 5 heteroatoms. The van der Waals surface area contributed by atoms with Crippen molar-refractivity contribution in [2.75, 3.05) is 18.5 Å². The fourth-order valence-electron chi connectivity index (χ4n) is 1.86. The van der Waals surface area contributed by atoms with E-state index in [2.05, 4.69) is 5.32 Å². The highest BCUT2D eigenvalue weighted by Crippen LogP contribution is 2.27. The summed E-state index contributed by atoms with van der Waals surface area (Å²) in [5.41, 5.74) is 1.69. The molecule has 2 aromatic rings. The van der Waals surface area contributed by atoms with Gasteiger partial charge < -0.3 is 14.8 Å². The number of amides is 1. The van der Waals surface area contributed by atoms with E-state index >= 15 is 0 Å². The molecule has 0 spiro atoms. The highest BCUT2D eigenvalue weighted by Gasteiger charge is 2.21. The lowest BCUT2D eigenvalue weighted by molar-refractivity contribution is -0.0438. The van der Waals surface area contributed by atoms with Gasteiger partial charge in [0, 0.05) is 11.3 Å². The molecule has 1 N–H and O–H groups in total. The topological polar surface area (TPSA) is 47.6 Å². The number of benzene rings is 1. The van der Waals surface area contributed by atoms with Gasteiger partial charge in [-0.3, -0.25) is 4.79 Å². The SMILES string of the molecule is O=C(Nc1ccccc1)c1cc(C2OCCO2)cs1. The number of ether oxygens (including phenoxy) is 2. The van der Waals surface area contributed by atoms with E-state index in [0.717, 1.165) is 11.3 Å². The molecule has 19 heavy (non-hydrogen) atoms. The van der Waals surface area contributed by atoms with E-state index in [1.807, 2.05) is 41.8 Å². The molecule has 0 atom stereocenters. The average molecular weight is 275 g/mol. The first kappa shape index (κ1) is 12.3. The van der Waals surface area contributed by atoms with E-state index in [4.69, 9.17) is 9.47 Å². The van der Waals surface area contributed by atoms with Gasteiger partial charge in [-0.1, -0.05) is 18.2 Å². The summed E-state index contributed by atoms with van der Waals surface area (Å²) < 4.78 is 10.8. The van der Waals surface area contributed by atoms with Crippen molar-refractivity contribution in [3.63, 3.8) is 0 Å². The molecule has 2 heterocycles. The minimum atomic E-state index is -0.325. The molecule has 1 saturated heterocycles. The maximum atomic E-state index is 12.1. The van der Waals surface area contributed by atoms with Crippen LogP contribution in [0, 0.1) is 0 Å². The van der Waals surface area contributed by atoms with E-state index in [-0.39, 0.29) is 12.2 Å². The summed E-state index contributed by atoms with van der Waals surface area (Å²) in [7, 11) is 0. The first-order valence-corrected chi connectivity index (χ1v) is 6.89. The van der Waals surface area contributed by atoms with Gasteiger partial charge in [0.2, 0.25) is 0 Å². The van der Waals surface area contributed by atoms with Crippen molar-refractivity contribution in [3.8, 4) is 0 Å². The number of carbonyl (C=O) groups is 1. The number of anilines is 1. The average Bonchev–Trinajstić information content (AvgIpc) is 3.11. The summed E-state index contributed by atoms with van der Waals surface area (Å²) in [5.74, 6) is -0.111. The molecular weight excluding hydrogens is 262 g/mol. The number of carbonyl (C=O) groups excluding carboxylic acids is 1. The van der Waals surface area contributed by atoms with Gasteiger partial charge in [0.1, 0.15) is 0 Å². The zero-order valence-corrected chi connectivity index (χ0v) is 11.0. The summed E-state index contributed by atoms with van der Waals surface area (Å²) in [6.45, 7) is 1.21. The highest BCUT2D eigenvalue weighted by atomic mass is 32.1. The third-order valence-electron chi connectivity index (χ3n) is 2.77. The van der Waals surface area contributed by atoms with Gasteiger partial charge >= 0.3 is 0 Å². The Morgan fingerprint density at radius 2 is 1.95 bits per heavy atom. The maximum Gasteiger partial charge on any atom is 0.265 e. The van der Waals surface area contributed by atoms with E-state index in [1.165, 1.54) is 11.3 Å². The summed E-state index contributed by atoms with van der Waals surface area (Å²) >= 11 is 1.39. The maximum absolute atomic E-state index is 12.1. The lowest BCUT2D eigenvalue weighted by Crippen LogP contribution is -2.10. The van der Waals surface area contributed by atoms with E-state index in [0.29, 0.717) is 18.1 Å². The van der Waals surface area contributed by atoms with E-state index in [1.54, 1.807) is 0 Å². The van der Waals surface area contributed by atoms with Crippen molar-refractivity contribution in [1.29, 1.82) is 0 Å². The molecule has 4 nitrogen and oxygen atoms in total. The molecule has 0 unspecified atom stereocenters. The first-order valence-electron chi connectivity index (χ1n) is 6.01. The van der Waals surface area contributed by atoms with Gasteiger partial charge in [0.05, 0.1) is 18.1 Å². The zero-order chi connectivity index (χ0) is 13.1. The first-order chi connectivity index (χ1) is 9.33. The molecule has 0 saturated carbocycles. The molecular formula is C14H13NO3S. The number of para-hydroxylation sites is 1. The monoisotopic (exact) mass is 275 g/mol. The van der Waals surface area contributed by atoms with Crippen LogP contribution in [0.5, 0.6) is 0 Å². The third kappa shape index (κ3) is 2.84. The van der Waals surface area contributed by atoms with Crippen LogP contribution in [0.25, 0.3) is 0 Å².